The third-order valence-electron chi connectivity index (χ3n) is 2.72. The number of carbonyl (C=O) groups is 1. The smallest absolute Gasteiger partial charge is 0.252 e. The Hall–Kier alpha value is -1.74. The fourth-order valence-corrected chi connectivity index (χ4v) is 2.78. The molecule has 0 aliphatic heterocycles. The van der Waals surface area contributed by atoms with E-state index in [1.165, 1.54) is 0 Å². The second kappa shape index (κ2) is 4.63. The van der Waals surface area contributed by atoms with E-state index >= 15 is 0 Å². The van der Waals surface area contributed by atoms with E-state index in [0.29, 0.717) is 16.2 Å². The number of aromatic nitrogens is 1. The highest BCUT2D eigenvalue weighted by Crippen LogP contribution is 2.28. The Morgan fingerprint density at radius 3 is 2.82 bits per heavy atom. The van der Waals surface area contributed by atoms with E-state index in [4.69, 9.17) is 11.0 Å². The van der Waals surface area contributed by atoms with Crippen molar-refractivity contribution < 1.29 is 4.79 Å². The van der Waals surface area contributed by atoms with Crippen molar-refractivity contribution >= 4 is 17.7 Å². The number of H-pyrrole nitrogens is 1. The maximum Gasteiger partial charge on any atom is 0.252 e. The number of amides is 1. The molecule has 1 aliphatic rings. The number of pyridine rings is 1. The van der Waals surface area contributed by atoms with Gasteiger partial charge in [-0.2, -0.15) is 5.26 Å². The first-order chi connectivity index (χ1) is 8.13. The Kier molecular flexibility index (Phi) is 3.20. The molecule has 1 amide bonds. The van der Waals surface area contributed by atoms with E-state index in [-0.39, 0.29) is 11.3 Å². The zero-order valence-electron chi connectivity index (χ0n) is 9.08. The Bertz CT molecular complexity index is 571. The van der Waals surface area contributed by atoms with Crippen LogP contribution in [0.4, 0.5) is 0 Å². The maximum atomic E-state index is 11.8. The SMILES string of the molecule is N#Cc1c(SCC(N)=O)[nH]c(=O)c2c1CCC2. The molecular weight excluding hydrogens is 238 g/mol. The molecule has 3 N–H and O–H groups in total. The summed E-state index contributed by atoms with van der Waals surface area (Å²) in [5.41, 5.74) is 6.94. The summed E-state index contributed by atoms with van der Waals surface area (Å²) in [5.74, 6) is -0.413. The molecule has 1 aromatic heterocycles. The summed E-state index contributed by atoms with van der Waals surface area (Å²) in [6.45, 7) is 0. The molecule has 0 fully saturated rings. The molecule has 0 bridgehead atoms. The van der Waals surface area contributed by atoms with Crippen molar-refractivity contribution in [3.05, 3.63) is 27.0 Å². The minimum atomic E-state index is -0.472. The fourth-order valence-electron chi connectivity index (χ4n) is 2.02. The molecule has 0 atom stereocenters. The molecule has 1 aromatic rings. The first kappa shape index (κ1) is 11.7. The van der Waals surface area contributed by atoms with Crippen molar-refractivity contribution in [3.8, 4) is 6.07 Å². The van der Waals surface area contributed by atoms with Crippen molar-refractivity contribution in [2.75, 3.05) is 5.75 Å². The zero-order chi connectivity index (χ0) is 12.4. The highest BCUT2D eigenvalue weighted by Gasteiger charge is 2.21. The summed E-state index contributed by atoms with van der Waals surface area (Å²) in [4.78, 5) is 25.1. The number of nitrogens with two attached hydrogens (primary N) is 1. The predicted octanol–water partition coefficient (Wildman–Crippen LogP) is 0.313. The normalized spacial score (nSPS) is 13.1. The molecule has 0 spiro atoms. The van der Waals surface area contributed by atoms with Gasteiger partial charge in [-0.15, -0.1) is 0 Å². The van der Waals surface area contributed by atoms with Gasteiger partial charge in [-0.05, 0) is 24.8 Å². The summed E-state index contributed by atoms with van der Waals surface area (Å²) in [7, 11) is 0. The monoisotopic (exact) mass is 249 g/mol. The second-order valence-electron chi connectivity index (χ2n) is 3.84. The number of primary amides is 1. The van der Waals surface area contributed by atoms with E-state index in [2.05, 4.69) is 11.1 Å². The first-order valence-electron chi connectivity index (χ1n) is 5.22. The number of thioether (sulfide) groups is 1. The highest BCUT2D eigenvalue weighted by molar-refractivity contribution is 7.99. The minimum absolute atomic E-state index is 0.0589. The molecule has 0 unspecified atom stereocenters. The number of hydrogen-bond donors (Lipinski definition) is 2. The van der Waals surface area contributed by atoms with Crippen molar-refractivity contribution in [1.82, 2.24) is 4.98 Å². The molecule has 0 saturated carbocycles. The highest BCUT2D eigenvalue weighted by atomic mass is 32.2. The number of carbonyl (C=O) groups excluding carboxylic acids is 1. The van der Waals surface area contributed by atoms with Crippen LogP contribution in [-0.4, -0.2) is 16.6 Å². The van der Waals surface area contributed by atoms with Crippen LogP contribution in [0.1, 0.15) is 23.1 Å². The van der Waals surface area contributed by atoms with Crippen LogP contribution in [0.15, 0.2) is 9.82 Å². The zero-order valence-corrected chi connectivity index (χ0v) is 9.89. The van der Waals surface area contributed by atoms with Crippen LogP contribution in [0.3, 0.4) is 0 Å². The molecule has 0 aromatic carbocycles. The van der Waals surface area contributed by atoms with E-state index in [9.17, 15) is 9.59 Å². The number of aromatic amines is 1. The van der Waals surface area contributed by atoms with Gasteiger partial charge in [0.05, 0.1) is 16.3 Å². The van der Waals surface area contributed by atoms with Gasteiger partial charge in [0.1, 0.15) is 6.07 Å². The molecule has 17 heavy (non-hydrogen) atoms. The van der Waals surface area contributed by atoms with E-state index < -0.39 is 5.91 Å². The summed E-state index contributed by atoms with van der Waals surface area (Å²) >= 11 is 1.11. The van der Waals surface area contributed by atoms with Crippen molar-refractivity contribution in [1.29, 1.82) is 5.26 Å². The molecule has 2 rings (SSSR count). The van der Waals surface area contributed by atoms with Gasteiger partial charge in [-0.25, -0.2) is 0 Å². The minimum Gasteiger partial charge on any atom is -0.369 e. The maximum absolute atomic E-state index is 11.8. The van der Waals surface area contributed by atoms with Crippen LogP contribution in [0.2, 0.25) is 0 Å². The van der Waals surface area contributed by atoms with Gasteiger partial charge in [0.25, 0.3) is 5.56 Å². The summed E-state index contributed by atoms with van der Waals surface area (Å²) in [5, 5.41) is 9.59. The molecule has 5 nitrogen and oxygen atoms in total. The van der Waals surface area contributed by atoms with Crippen LogP contribution in [0.25, 0.3) is 0 Å². The molecule has 0 radical (unpaired) electrons. The molecular formula is C11H11N3O2S. The van der Waals surface area contributed by atoms with Gasteiger partial charge < -0.3 is 10.7 Å². The second-order valence-corrected chi connectivity index (χ2v) is 4.82. The third-order valence-corrected chi connectivity index (χ3v) is 3.74. The molecule has 6 heteroatoms. The lowest BCUT2D eigenvalue weighted by Crippen LogP contribution is -2.17. The van der Waals surface area contributed by atoms with Crippen LogP contribution < -0.4 is 11.3 Å². The lowest BCUT2D eigenvalue weighted by atomic mass is 10.1. The lowest BCUT2D eigenvalue weighted by molar-refractivity contribution is -0.115. The Balaban J connectivity index is 2.46. The Labute approximate surface area is 102 Å². The molecule has 1 heterocycles. The van der Waals surface area contributed by atoms with Gasteiger partial charge in [0.15, 0.2) is 0 Å². The van der Waals surface area contributed by atoms with Crippen LogP contribution in [-0.2, 0) is 17.6 Å². The molecule has 1 aliphatic carbocycles. The van der Waals surface area contributed by atoms with Gasteiger partial charge in [0, 0.05) is 5.56 Å². The van der Waals surface area contributed by atoms with Gasteiger partial charge in [-0.1, -0.05) is 11.8 Å². The Morgan fingerprint density at radius 1 is 1.47 bits per heavy atom. The van der Waals surface area contributed by atoms with Gasteiger partial charge >= 0.3 is 0 Å². The largest absolute Gasteiger partial charge is 0.369 e. The standard InChI is InChI=1S/C11H11N3O2S/c12-4-8-6-2-1-3-7(6)10(16)14-11(8)17-5-9(13)15/h1-3,5H2,(H2,13,15)(H,14,16). The van der Waals surface area contributed by atoms with Crippen molar-refractivity contribution in [2.45, 2.75) is 24.3 Å². The summed E-state index contributed by atoms with van der Waals surface area (Å²) < 4.78 is 0. The number of hydrogen-bond acceptors (Lipinski definition) is 4. The van der Waals surface area contributed by atoms with Crippen LogP contribution in [0.5, 0.6) is 0 Å². The quantitative estimate of drug-likeness (QED) is 0.753. The predicted molar refractivity (Wildman–Crippen MR) is 63.7 cm³/mol. The van der Waals surface area contributed by atoms with Gasteiger partial charge in [-0.3, -0.25) is 9.59 Å². The number of rotatable bonds is 3. The number of nitrogens with zero attached hydrogens (tertiary/aromatic N) is 1. The Morgan fingerprint density at radius 2 is 2.18 bits per heavy atom. The number of fused-ring (bicyclic) bond motifs is 1. The number of nitrogens with one attached hydrogen (secondary N) is 1. The third kappa shape index (κ3) is 2.19. The van der Waals surface area contributed by atoms with Crippen molar-refractivity contribution in [3.63, 3.8) is 0 Å². The van der Waals surface area contributed by atoms with E-state index in [1.54, 1.807) is 0 Å². The average molecular weight is 249 g/mol. The van der Waals surface area contributed by atoms with Crippen molar-refractivity contribution in [2.24, 2.45) is 5.73 Å². The topological polar surface area (TPSA) is 99.7 Å². The average Bonchev–Trinajstić information content (AvgIpc) is 2.76. The first-order valence-corrected chi connectivity index (χ1v) is 6.21. The van der Waals surface area contributed by atoms with E-state index in [0.717, 1.165) is 36.6 Å². The van der Waals surface area contributed by atoms with E-state index in [1.807, 2.05) is 0 Å². The number of nitriles is 1. The van der Waals surface area contributed by atoms with Crippen LogP contribution in [0, 0.1) is 11.3 Å². The molecule has 88 valence electrons. The fraction of sp³-hybridized carbons (Fsp3) is 0.364. The molecule has 0 saturated heterocycles. The van der Waals surface area contributed by atoms with Crippen LogP contribution >= 0.6 is 11.8 Å². The summed E-state index contributed by atoms with van der Waals surface area (Å²) in [6, 6.07) is 2.10. The summed E-state index contributed by atoms with van der Waals surface area (Å²) in [6.07, 6.45) is 2.38. The van der Waals surface area contributed by atoms with Gasteiger partial charge in [0.2, 0.25) is 5.91 Å². The lowest BCUT2D eigenvalue weighted by Gasteiger charge is -2.07.